The molecule has 6 nitrogen and oxygen atoms in total. The predicted octanol–water partition coefficient (Wildman–Crippen LogP) is 0.849. The Kier molecular flexibility index (Phi) is 1.49. The molecular formula is C9H7N5O. The third kappa shape index (κ3) is 1.23. The molecule has 0 aliphatic heterocycles. The molecule has 2 N–H and O–H groups in total. The normalized spacial score (nSPS) is 10.9. The van der Waals surface area contributed by atoms with Crippen molar-refractivity contribution in [3.05, 3.63) is 30.6 Å². The highest BCUT2D eigenvalue weighted by Gasteiger charge is 2.05. The number of H-pyrrole nitrogens is 1. The first kappa shape index (κ1) is 7.98. The quantitative estimate of drug-likeness (QED) is 0.611. The third-order valence-electron chi connectivity index (χ3n) is 2.06. The Morgan fingerprint density at radius 3 is 2.67 bits per heavy atom. The number of nitrogens with zero attached hydrogens (tertiary/aromatic N) is 4. The van der Waals surface area contributed by atoms with E-state index in [2.05, 4.69) is 20.2 Å². The van der Waals surface area contributed by atoms with E-state index in [1.165, 1.54) is 4.80 Å². The average molecular weight is 201 g/mol. The minimum Gasteiger partial charge on any atom is -0.508 e. The number of benzene rings is 1. The molecule has 2 heterocycles. The van der Waals surface area contributed by atoms with Gasteiger partial charge in [0.15, 0.2) is 0 Å². The second-order valence-electron chi connectivity index (χ2n) is 3.08. The van der Waals surface area contributed by atoms with E-state index in [0.717, 1.165) is 5.69 Å². The van der Waals surface area contributed by atoms with Crippen LogP contribution in [0.1, 0.15) is 0 Å². The van der Waals surface area contributed by atoms with Gasteiger partial charge in [0, 0.05) is 0 Å². The number of aromatic hydroxyl groups is 1. The molecule has 3 aromatic rings. The van der Waals surface area contributed by atoms with Gasteiger partial charge in [-0.1, -0.05) is 0 Å². The van der Waals surface area contributed by atoms with Crippen LogP contribution in [0.15, 0.2) is 30.6 Å². The Morgan fingerprint density at radius 1 is 1.13 bits per heavy atom. The van der Waals surface area contributed by atoms with E-state index in [4.69, 9.17) is 5.11 Å². The van der Waals surface area contributed by atoms with Gasteiger partial charge in [-0.3, -0.25) is 0 Å². The van der Waals surface area contributed by atoms with Crippen LogP contribution >= 0.6 is 0 Å². The summed E-state index contributed by atoms with van der Waals surface area (Å²) in [4.78, 5) is 8.32. The predicted molar refractivity (Wildman–Crippen MR) is 52.7 cm³/mol. The standard InChI is InChI=1S/C9H7N5O/c15-7-3-1-6(2-4-7)14-12-8-9(13-14)11-5-10-8/h1-5,15H,(H,10,11,12,13). The maximum Gasteiger partial charge on any atom is 0.220 e. The molecule has 0 bridgehead atoms. The molecule has 0 saturated carbocycles. The molecule has 0 saturated heterocycles. The molecule has 0 radical (unpaired) electrons. The summed E-state index contributed by atoms with van der Waals surface area (Å²) < 4.78 is 0. The topological polar surface area (TPSA) is 79.6 Å². The molecule has 0 unspecified atom stereocenters. The summed E-state index contributed by atoms with van der Waals surface area (Å²) >= 11 is 0. The monoisotopic (exact) mass is 201 g/mol. The van der Waals surface area contributed by atoms with Crippen LogP contribution in [0.2, 0.25) is 0 Å². The Hall–Kier alpha value is -2.37. The summed E-state index contributed by atoms with van der Waals surface area (Å²) in [7, 11) is 0. The lowest BCUT2D eigenvalue weighted by Gasteiger charge is -1.97. The largest absolute Gasteiger partial charge is 0.508 e. The molecule has 0 fully saturated rings. The number of imidazole rings is 1. The van der Waals surface area contributed by atoms with Crippen molar-refractivity contribution in [3.63, 3.8) is 0 Å². The highest BCUT2D eigenvalue weighted by molar-refractivity contribution is 5.63. The first-order valence-electron chi connectivity index (χ1n) is 4.39. The summed E-state index contributed by atoms with van der Waals surface area (Å²) in [6.45, 7) is 0. The van der Waals surface area contributed by atoms with Gasteiger partial charge in [0.05, 0.1) is 12.0 Å². The summed E-state index contributed by atoms with van der Waals surface area (Å²) in [6.07, 6.45) is 1.55. The fourth-order valence-electron chi connectivity index (χ4n) is 1.34. The molecular weight excluding hydrogens is 194 g/mol. The number of phenols is 1. The molecule has 15 heavy (non-hydrogen) atoms. The molecule has 74 valence electrons. The zero-order chi connectivity index (χ0) is 10.3. The first-order chi connectivity index (χ1) is 7.33. The van der Waals surface area contributed by atoms with Crippen molar-refractivity contribution in [1.82, 2.24) is 25.0 Å². The fourth-order valence-corrected chi connectivity index (χ4v) is 1.34. The summed E-state index contributed by atoms with van der Waals surface area (Å²) in [6, 6.07) is 6.63. The fraction of sp³-hybridized carbons (Fsp3) is 0. The molecule has 0 aliphatic rings. The first-order valence-corrected chi connectivity index (χ1v) is 4.39. The number of phenolic OH excluding ortho intramolecular Hbond substituents is 1. The van der Waals surface area contributed by atoms with Gasteiger partial charge >= 0.3 is 0 Å². The van der Waals surface area contributed by atoms with Crippen LogP contribution in [-0.4, -0.2) is 30.1 Å². The Balaban J connectivity index is 2.13. The number of hydrogen-bond donors (Lipinski definition) is 2. The van der Waals surface area contributed by atoms with Crippen molar-refractivity contribution in [2.24, 2.45) is 0 Å². The van der Waals surface area contributed by atoms with Crippen LogP contribution in [0.3, 0.4) is 0 Å². The van der Waals surface area contributed by atoms with Crippen LogP contribution in [0, 0.1) is 0 Å². The number of aromatic amines is 1. The number of rotatable bonds is 1. The Labute approximate surface area is 84.2 Å². The summed E-state index contributed by atoms with van der Waals surface area (Å²) in [5.74, 6) is 0.217. The van der Waals surface area contributed by atoms with E-state index < -0.39 is 0 Å². The van der Waals surface area contributed by atoms with Crippen molar-refractivity contribution in [2.45, 2.75) is 0 Å². The average Bonchev–Trinajstić information content (AvgIpc) is 2.78. The molecule has 6 heteroatoms. The SMILES string of the molecule is Oc1ccc(-n2nc3nc[nH]c3n2)cc1. The Morgan fingerprint density at radius 2 is 1.93 bits per heavy atom. The number of nitrogens with one attached hydrogen (secondary N) is 1. The number of fused-ring (bicyclic) bond motifs is 1. The van der Waals surface area contributed by atoms with Crippen molar-refractivity contribution in [3.8, 4) is 11.4 Å². The van der Waals surface area contributed by atoms with Crippen LogP contribution in [0.5, 0.6) is 5.75 Å². The smallest absolute Gasteiger partial charge is 0.220 e. The van der Waals surface area contributed by atoms with Crippen LogP contribution < -0.4 is 0 Å². The summed E-state index contributed by atoms with van der Waals surface area (Å²) in [5.41, 5.74) is 1.99. The van der Waals surface area contributed by atoms with Crippen LogP contribution in [0.4, 0.5) is 0 Å². The van der Waals surface area contributed by atoms with Gasteiger partial charge in [-0.15, -0.1) is 15.0 Å². The highest BCUT2D eigenvalue weighted by atomic mass is 16.3. The molecule has 3 rings (SSSR count). The minimum atomic E-state index is 0.217. The van der Waals surface area contributed by atoms with E-state index in [1.807, 2.05) is 0 Å². The van der Waals surface area contributed by atoms with E-state index in [-0.39, 0.29) is 5.75 Å². The Bertz CT molecular complexity index is 566. The van der Waals surface area contributed by atoms with E-state index in [0.29, 0.717) is 11.3 Å². The zero-order valence-electron chi connectivity index (χ0n) is 7.62. The maximum absolute atomic E-state index is 9.13. The maximum atomic E-state index is 9.13. The van der Waals surface area contributed by atoms with Gasteiger partial charge in [0.1, 0.15) is 5.75 Å². The molecule has 0 amide bonds. The molecule has 0 aliphatic carbocycles. The molecule has 1 aromatic carbocycles. The molecule has 0 atom stereocenters. The van der Waals surface area contributed by atoms with Crippen molar-refractivity contribution in [2.75, 3.05) is 0 Å². The minimum absolute atomic E-state index is 0.217. The van der Waals surface area contributed by atoms with E-state index in [9.17, 15) is 0 Å². The lowest BCUT2D eigenvalue weighted by Crippen LogP contribution is -1.98. The molecule has 2 aromatic heterocycles. The number of aromatic nitrogens is 5. The summed E-state index contributed by atoms with van der Waals surface area (Å²) in [5, 5.41) is 17.5. The van der Waals surface area contributed by atoms with Crippen LogP contribution in [0.25, 0.3) is 17.0 Å². The second kappa shape index (κ2) is 2.81. The van der Waals surface area contributed by atoms with Crippen molar-refractivity contribution < 1.29 is 5.11 Å². The second-order valence-corrected chi connectivity index (χ2v) is 3.08. The third-order valence-corrected chi connectivity index (χ3v) is 2.06. The lowest BCUT2D eigenvalue weighted by atomic mass is 10.3. The number of hydrogen-bond acceptors (Lipinski definition) is 4. The van der Waals surface area contributed by atoms with Gasteiger partial charge in [-0.25, -0.2) is 4.98 Å². The van der Waals surface area contributed by atoms with E-state index in [1.54, 1.807) is 30.6 Å². The van der Waals surface area contributed by atoms with Gasteiger partial charge in [-0.2, -0.15) is 0 Å². The van der Waals surface area contributed by atoms with Gasteiger partial charge in [-0.05, 0) is 24.3 Å². The van der Waals surface area contributed by atoms with Crippen LogP contribution in [-0.2, 0) is 0 Å². The molecule has 0 spiro atoms. The highest BCUT2D eigenvalue weighted by Crippen LogP contribution is 2.13. The van der Waals surface area contributed by atoms with Gasteiger partial charge in [0.2, 0.25) is 11.3 Å². The van der Waals surface area contributed by atoms with Gasteiger partial charge in [0.25, 0.3) is 0 Å². The zero-order valence-corrected chi connectivity index (χ0v) is 7.62. The lowest BCUT2D eigenvalue weighted by molar-refractivity contribution is 0.475. The van der Waals surface area contributed by atoms with Gasteiger partial charge < -0.3 is 10.1 Å². The van der Waals surface area contributed by atoms with Crippen molar-refractivity contribution in [1.29, 1.82) is 0 Å². The van der Waals surface area contributed by atoms with Crippen molar-refractivity contribution >= 4 is 11.3 Å². The van der Waals surface area contributed by atoms with E-state index >= 15 is 0 Å².